The molecule has 100 valence electrons. The van der Waals surface area contributed by atoms with E-state index in [1.54, 1.807) is 0 Å². The summed E-state index contributed by atoms with van der Waals surface area (Å²) in [6, 6.07) is 11.4. The summed E-state index contributed by atoms with van der Waals surface area (Å²) in [5.74, 6) is 0.479. The highest BCUT2D eigenvalue weighted by molar-refractivity contribution is 9.10. The fourth-order valence-corrected chi connectivity index (χ4v) is 3.23. The normalized spacial score (nSPS) is 10.7. The Labute approximate surface area is 127 Å². The van der Waals surface area contributed by atoms with Crippen molar-refractivity contribution in [2.24, 2.45) is 0 Å². The molecular weight excluding hydrogens is 340 g/mol. The van der Waals surface area contributed by atoms with Gasteiger partial charge in [0.2, 0.25) is 5.82 Å². The zero-order valence-electron chi connectivity index (χ0n) is 10.2. The molecule has 20 heavy (non-hydrogen) atoms. The van der Waals surface area contributed by atoms with E-state index in [-0.39, 0.29) is 12.3 Å². The van der Waals surface area contributed by atoms with Gasteiger partial charge in [0, 0.05) is 10.0 Å². The Morgan fingerprint density at radius 3 is 2.75 bits per heavy atom. The standard InChI is InChI=1S/C13H9BrN4OS/c14-10-6-7-20-12(10)11(19)8-18-16-13(15-17-18)9-4-2-1-3-5-9/h1-7H,8H2. The van der Waals surface area contributed by atoms with Crippen LogP contribution in [-0.4, -0.2) is 26.0 Å². The minimum absolute atomic E-state index is 0.0381. The number of ketones is 1. The van der Waals surface area contributed by atoms with E-state index in [1.807, 2.05) is 41.8 Å². The van der Waals surface area contributed by atoms with Crippen LogP contribution in [0.15, 0.2) is 46.3 Å². The number of carbonyl (C=O) groups is 1. The lowest BCUT2D eigenvalue weighted by Crippen LogP contribution is -2.12. The first-order chi connectivity index (χ1) is 9.74. The van der Waals surface area contributed by atoms with Crippen molar-refractivity contribution in [3.63, 3.8) is 0 Å². The molecule has 0 amide bonds. The van der Waals surface area contributed by atoms with Crippen molar-refractivity contribution in [3.8, 4) is 11.4 Å². The van der Waals surface area contributed by atoms with Gasteiger partial charge in [-0.2, -0.15) is 4.80 Å². The first-order valence-corrected chi connectivity index (χ1v) is 7.51. The minimum atomic E-state index is -0.0381. The summed E-state index contributed by atoms with van der Waals surface area (Å²) in [7, 11) is 0. The lowest BCUT2D eigenvalue weighted by atomic mass is 10.2. The quantitative estimate of drug-likeness (QED) is 0.680. The fraction of sp³-hybridized carbons (Fsp3) is 0.0769. The summed E-state index contributed by atoms with van der Waals surface area (Å²) in [6.07, 6.45) is 0. The van der Waals surface area contributed by atoms with Gasteiger partial charge in [-0.1, -0.05) is 30.3 Å². The van der Waals surface area contributed by atoms with Crippen LogP contribution in [0.5, 0.6) is 0 Å². The third-order valence-electron chi connectivity index (χ3n) is 2.64. The van der Waals surface area contributed by atoms with Gasteiger partial charge in [0.25, 0.3) is 0 Å². The predicted octanol–water partition coefficient (Wildman–Crippen LogP) is 3.05. The molecule has 0 aliphatic rings. The zero-order chi connectivity index (χ0) is 13.9. The lowest BCUT2D eigenvalue weighted by molar-refractivity contribution is 0.0964. The maximum atomic E-state index is 12.1. The smallest absolute Gasteiger partial charge is 0.204 e. The van der Waals surface area contributed by atoms with Gasteiger partial charge in [-0.25, -0.2) is 0 Å². The van der Waals surface area contributed by atoms with Gasteiger partial charge in [-0.3, -0.25) is 4.79 Å². The van der Waals surface area contributed by atoms with Gasteiger partial charge in [0.15, 0.2) is 5.78 Å². The van der Waals surface area contributed by atoms with E-state index >= 15 is 0 Å². The third kappa shape index (κ3) is 2.68. The van der Waals surface area contributed by atoms with Gasteiger partial charge < -0.3 is 0 Å². The molecule has 0 spiro atoms. The lowest BCUT2D eigenvalue weighted by Gasteiger charge is -1.97. The van der Waals surface area contributed by atoms with E-state index in [4.69, 9.17) is 0 Å². The molecule has 2 aromatic heterocycles. The highest BCUT2D eigenvalue weighted by atomic mass is 79.9. The molecule has 3 rings (SSSR count). The second kappa shape index (κ2) is 5.64. The van der Waals surface area contributed by atoms with E-state index in [0.717, 1.165) is 10.0 Å². The van der Waals surface area contributed by atoms with Crippen molar-refractivity contribution in [2.75, 3.05) is 0 Å². The van der Waals surface area contributed by atoms with Crippen LogP contribution in [-0.2, 0) is 6.54 Å². The van der Waals surface area contributed by atoms with Crippen molar-refractivity contribution in [3.05, 3.63) is 51.1 Å². The summed E-state index contributed by atoms with van der Waals surface area (Å²) < 4.78 is 0.802. The number of nitrogens with zero attached hydrogens (tertiary/aromatic N) is 4. The van der Waals surface area contributed by atoms with Gasteiger partial charge >= 0.3 is 0 Å². The number of halogens is 1. The Kier molecular flexibility index (Phi) is 3.70. The first kappa shape index (κ1) is 13.1. The van der Waals surface area contributed by atoms with Gasteiger partial charge in [0.1, 0.15) is 6.54 Å². The minimum Gasteiger partial charge on any atom is -0.291 e. The number of benzene rings is 1. The van der Waals surface area contributed by atoms with E-state index in [9.17, 15) is 4.79 Å². The molecule has 0 unspecified atom stereocenters. The van der Waals surface area contributed by atoms with Gasteiger partial charge in [-0.05, 0) is 32.6 Å². The zero-order valence-corrected chi connectivity index (χ0v) is 12.6. The topological polar surface area (TPSA) is 60.7 Å². The number of Topliss-reactive ketones (excluding diaryl/α,β-unsaturated/α-hetero) is 1. The summed E-state index contributed by atoms with van der Waals surface area (Å²) in [6.45, 7) is 0.0823. The Morgan fingerprint density at radius 1 is 1.25 bits per heavy atom. The third-order valence-corrected chi connectivity index (χ3v) is 4.52. The summed E-state index contributed by atoms with van der Waals surface area (Å²) in [5.41, 5.74) is 0.878. The molecule has 1 aromatic carbocycles. The Morgan fingerprint density at radius 2 is 2.05 bits per heavy atom. The Balaban J connectivity index is 1.78. The summed E-state index contributed by atoms with van der Waals surface area (Å²) in [5, 5.41) is 14.0. The molecule has 0 atom stereocenters. The maximum Gasteiger partial charge on any atom is 0.204 e. The van der Waals surface area contributed by atoms with E-state index < -0.39 is 0 Å². The van der Waals surface area contributed by atoms with Crippen LogP contribution in [0.3, 0.4) is 0 Å². The second-order valence-corrected chi connectivity index (χ2v) is 5.80. The number of rotatable bonds is 4. The van der Waals surface area contributed by atoms with E-state index in [1.165, 1.54) is 16.1 Å². The predicted molar refractivity (Wildman–Crippen MR) is 79.6 cm³/mol. The van der Waals surface area contributed by atoms with Crippen molar-refractivity contribution in [2.45, 2.75) is 6.54 Å². The van der Waals surface area contributed by atoms with E-state index in [0.29, 0.717) is 10.7 Å². The van der Waals surface area contributed by atoms with Crippen LogP contribution >= 0.6 is 27.3 Å². The van der Waals surface area contributed by atoms with Crippen LogP contribution in [0, 0.1) is 0 Å². The number of tetrazole rings is 1. The molecule has 0 aliphatic carbocycles. The monoisotopic (exact) mass is 348 g/mol. The highest BCUT2D eigenvalue weighted by Gasteiger charge is 2.14. The Bertz CT molecular complexity index is 738. The molecule has 0 bridgehead atoms. The molecule has 0 fully saturated rings. The largest absolute Gasteiger partial charge is 0.291 e. The molecule has 0 radical (unpaired) electrons. The van der Waals surface area contributed by atoms with Crippen molar-refractivity contribution in [1.29, 1.82) is 0 Å². The van der Waals surface area contributed by atoms with Gasteiger partial charge in [-0.15, -0.1) is 21.5 Å². The number of hydrogen-bond acceptors (Lipinski definition) is 5. The molecule has 3 aromatic rings. The molecule has 5 nitrogen and oxygen atoms in total. The number of aromatic nitrogens is 4. The molecule has 7 heteroatoms. The first-order valence-electron chi connectivity index (χ1n) is 5.83. The molecule has 0 aliphatic heterocycles. The van der Waals surface area contributed by atoms with Crippen LogP contribution in [0.2, 0.25) is 0 Å². The Hall–Kier alpha value is -1.86. The molecule has 0 saturated heterocycles. The average molecular weight is 349 g/mol. The molecule has 0 N–H and O–H groups in total. The number of hydrogen-bond donors (Lipinski definition) is 0. The summed E-state index contributed by atoms with van der Waals surface area (Å²) >= 11 is 4.74. The average Bonchev–Trinajstić information content (AvgIpc) is 3.09. The maximum absolute atomic E-state index is 12.1. The SMILES string of the molecule is O=C(Cn1nnc(-c2ccccc2)n1)c1sccc1Br. The van der Waals surface area contributed by atoms with Crippen LogP contribution in [0.4, 0.5) is 0 Å². The molecule has 2 heterocycles. The van der Waals surface area contributed by atoms with Gasteiger partial charge in [0.05, 0.1) is 4.88 Å². The second-order valence-electron chi connectivity index (χ2n) is 4.03. The van der Waals surface area contributed by atoms with Crippen LogP contribution < -0.4 is 0 Å². The van der Waals surface area contributed by atoms with Crippen LogP contribution in [0.25, 0.3) is 11.4 Å². The summed E-state index contributed by atoms with van der Waals surface area (Å²) in [4.78, 5) is 14.1. The fourth-order valence-electron chi connectivity index (χ4n) is 1.71. The number of carbonyl (C=O) groups excluding carboxylic acids is 1. The molecular formula is C13H9BrN4OS. The van der Waals surface area contributed by atoms with Crippen molar-refractivity contribution >= 4 is 33.0 Å². The van der Waals surface area contributed by atoms with Crippen molar-refractivity contribution in [1.82, 2.24) is 20.2 Å². The highest BCUT2D eigenvalue weighted by Crippen LogP contribution is 2.23. The van der Waals surface area contributed by atoms with E-state index in [2.05, 4.69) is 31.3 Å². The number of thiophene rings is 1. The van der Waals surface area contributed by atoms with Crippen LogP contribution in [0.1, 0.15) is 9.67 Å². The molecule has 0 saturated carbocycles. The van der Waals surface area contributed by atoms with Crippen molar-refractivity contribution < 1.29 is 4.79 Å².